The maximum absolute atomic E-state index is 12.7. The number of amides is 1. The highest BCUT2D eigenvalue weighted by molar-refractivity contribution is 6.10. The van der Waals surface area contributed by atoms with Crippen LogP contribution in [0.4, 0.5) is 0 Å². The quantitative estimate of drug-likeness (QED) is 0.506. The van der Waals surface area contributed by atoms with Gasteiger partial charge in [-0.3, -0.25) is 19.4 Å². The van der Waals surface area contributed by atoms with E-state index in [1.54, 1.807) is 6.92 Å². The molecule has 0 aromatic carbocycles. The number of ether oxygens (including phenoxy) is 3. The molecular weight excluding hydrogens is 356 g/mol. The van der Waals surface area contributed by atoms with Gasteiger partial charge in [0.25, 0.3) is 5.91 Å². The first-order chi connectivity index (χ1) is 12.6. The monoisotopic (exact) mass is 382 g/mol. The topological polar surface area (TPSA) is 120 Å². The molecule has 1 amide bonds. The third kappa shape index (κ3) is 5.63. The lowest BCUT2D eigenvalue weighted by atomic mass is 9.80. The Morgan fingerprint density at radius 1 is 1.04 bits per heavy atom. The standard InChI is InChI=1S/C18H26N2O7/c1-9(2)7-19-12(21)8-27-18(24)15-13(16(22)25-5)10(3)20-11(4)14(15)17(23)26-6/h9,13,15H,7-8H2,1-6H3,(H,19,21)/t13?,15-/m0/s1. The number of hydrogen-bond donors (Lipinski definition) is 1. The summed E-state index contributed by atoms with van der Waals surface area (Å²) >= 11 is 0. The van der Waals surface area contributed by atoms with E-state index in [2.05, 4.69) is 10.3 Å². The molecule has 27 heavy (non-hydrogen) atoms. The van der Waals surface area contributed by atoms with Crippen molar-refractivity contribution >= 4 is 29.5 Å². The number of nitrogens with one attached hydrogen (secondary N) is 1. The van der Waals surface area contributed by atoms with E-state index in [0.29, 0.717) is 12.3 Å². The van der Waals surface area contributed by atoms with Gasteiger partial charge < -0.3 is 19.5 Å². The molecule has 0 aromatic heterocycles. The fraction of sp³-hybridized carbons (Fsp3) is 0.611. The van der Waals surface area contributed by atoms with Crippen LogP contribution < -0.4 is 5.32 Å². The predicted molar refractivity (Wildman–Crippen MR) is 95.6 cm³/mol. The summed E-state index contributed by atoms with van der Waals surface area (Å²) < 4.78 is 14.5. The molecule has 0 saturated heterocycles. The zero-order chi connectivity index (χ0) is 20.7. The number of allylic oxidation sites excluding steroid dienone is 1. The molecule has 1 N–H and O–H groups in total. The van der Waals surface area contributed by atoms with Crippen molar-refractivity contribution in [3.63, 3.8) is 0 Å². The molecule has 9 heteroatoms. The van der Waals surface area contributed by atoms with Crippen LogP contribution in [0.3, 0.4) is 0 Å². The molecule has 2 atom stereocenters. The fourth-order valence-electron chi connectivity index (χ4n) is 2.69. The average molecular weight is 382 g/mol. The summed E-state index contributed by atoms with van der Waals surface area (Å²) in [4.78, 5) is 53.0. The van der Waals surface area contributed by atoms with Crippen molar-refractivity contribution in [2.45, 2.75) is 27.7 Å². The minimum atomic E-state index is -1.31. The van der Waals surface area contributed by atoms with Crippen molar-refractivity contribution in [1.82, 2.24) is 5.32 Å². The van der Waals surface area contributed by atoms with E-state index in [4.69, 9.17) is 14.2 Å². The van der Waals surface area contributed by atoms with Crippen molar-refractivity contribution < 1.29 is 33.4 Å². The van der Waals surface area contributed by atoms with Crippen LogP contribution in [0.2, 0.25) is 0 Å². The summed E-state index contributed by atoms with van der Waals surface area (Å²) in [5.74, 6) is -5.13. The molecule has 0 aliphatic carbocycles. The highest BCUT2D eigenvalue weighted by Crippen LogP contribution is 2.33. The van der Waals surface area contributed by atoms with E-state index in [9.17, 15) is 19.2 Å². The Bertz CT molecular complexity index is 679. The van der Waals surface area contributed by atoms with Crippen molar-refractivity contribution in [2.24, 2.45) is 22.7 Å². The number of nitrogens with zero attached hydrogens (tertiary/aromatic N) is 1. The molecule has 1 unspecified atom stereocenters. The van der Waals surface area contributed by atoms with Crippen molar-refractivity contribution in [1.29, 1.82) is 0 Å². The summed E-state index contributed by atoms with van der Waals surface area (Å²) in [5.41, 5.74) is 0.454. The normalized spacial score (nSPS) is 19.3. The number of aliphatic imine (C=N–C) groups is 1. The SMILES string of the molecule is COC(=O)C1=C(C)N=C(C)C(C(=O)OC)[C@@H]1C(=O)OCC(=O)NCC(C)C. The maximum Gasteiger partial charge on any atom is 0.336 e. The van der Waals surface area contributed by atoms with Crippen LogP contribution in [0.25, 0.3) is 0 Å². The van der Waals surface area contributed by atoms with Gasteiger partial charge in [0.05, 0.1) is 19.8 Å². The number of rotatable bonds is 7. The molecule has 0 aromatic rings. The minimum Gasteiger partial charge on any atom is -0.468 e. The Labute approximate surface area is 158 Å². The van der Waals surface area contributed by atoms with Gasteiger partial charge in [0.1, 0.15) is 11.8 Å². The summed E-state index contributed by atoms with van der Waals surface area (Å²) in [5, 5.41) is 2.61. The van der Waals surface area contributed by atoms with E-state index in [1.165, 1.54) is 14.0 Å². The first-order valence-corrected chi connectivity index (χ1v) is 8.49. The Morgan fingerprint density at radius 2 is 1.67 bits per heavy atom. The van der Waals surface area contributed by atoms with E-state index in [0.717, 1.165) is 7.11 Å². The molecular formula is C18H26N2O7. The fourth-order valence-corrected chi connectivity index (χ4v) is 2.69. The molecule has 9 nitrogen and oxygen atoms in total. The van der Waals surface area contributed by atoms with Crippen molar-refractivity contribution in [2.75, 3.05) is 27.4 Å². The number of carbonyl (C=O) groups excluding carboxylic acids is 4. The smallest absolute Gasteiger partial charge is 0.336 e. The summed E-state index contributed by atoms with van der Waals surface area (Å²) in [7, 11) is 2.32. The summed E-state index contributed by atoms with van der Waals surface area (Å²) in [6, 6.07) is 0. The van der Waals surface area contributed by atoms with Gasteiger partial charge in [0, 0.05) is 18.0 Å². The van der Waals surface area contributed by atoms with Gasteiger partial charge in [-0.2, -0.15) is 0 Å². The molecule has 0 saturated carbocycles. The van der Waals surface area contributed by atoms with Crippen LogP contribution in [-0.4, -0.2) is 56.9 Å². The molecule has 150 valence electrons. The van der Waals surface area contributed by atoms with Crippen LogP contribution in [0.5, 0.6) is 0 Å². The number of hydrogen-bond acceptors (Lipinski definition) is 8. The molecule has 1 aliphatic rings. The van der Waals surface area contributed by atoms with E-state index in [1.807, 2.05) is 13.8 Å². The highest BCUT2D eigenvalue weighted by atomic mass is 16.5. The molecule has 0 bridgehead atoms. The van der Waals surface area contributed by atoms with E-state index < -0.39 is 42.3 Å². The largest absolute Gasteiger partial charge is 0.468 e. The average Bonchev–Trinajstić information content (AvgIpc) is 2.62. The number of carbonyl (C=O) groups is 4. The van der Waals surface area contributed by atoms with Crippen molar-refractivity contribution in [3.8, 4) is 0 Å². The lowest BCUT2D eigenvalue weighted by molar-refractivity contribution is -0.158. The predicted octanol–water partition coefficient (Wildman–Crippen LogP) is 0.629. The Hall–Kier alpha value is -2.71. The van der Waals surface area contributed by atoms with Gasteiger partial charge in [0.2, 0.25) is 0 Å². The first kappa shape index (κ1) is 22.3. The Kier molecular flexibility index (Phi) is 8.14. The number of methoxy groups -OCH3 is 2. The highest BCUT2D eigenvalue weighted by Gasteiger charge is 2.46. The molecule has 1 rings (SSSR count). The third-order valence-corrected chi connectivity index (χ3v) is 4.00. The maximum atomic E-state index is 12.7. The van der Waals surface area contributed by atoms with E-state index in [-0.39, 0.29) is 17.2 Å². The van der Waals surface area contributed by atoms with E-state index >= 15 is 0 Å². The van der Waals surface area contributed by atoms with Crippen LogP contribution >= 0.6 is 0 Å². The zero-order valence-corrected chi connectivity index (χ0v) is 16.5. The molecule has 0 fully saturated rings. The molecule has 1 heterocycles. The Morgan fingerprint density at radius 3 is 2.19 bits per heavy atom. The summed E-state index contributed by atoms with van der Waals surface area (Å²) in [6.45, 7) is 6.83. The Balaban J connectivity index is 3.09. The van der Waals surface area contributed by atoms with Crippen LogP contribution in [0.15, 0.2) is 16.3 Å². The second-order valence-electron chi connectivity index (χ2n) is 6.53. The number of esters is 3. The first-order valence-electron chi connectivity index (χ1n) is 8.49. The van der Waals surface area contributed by atoms with Crippen molar-refractivity contribution in [3.05, 3.63) is 11.3 Å². The van der Waals surface area contributed by atoms with Gasteiger partial charge in [-0.05, 0) is 19.8 Å². The molecule has 1 aliphatic heterocycles. The van der Waals surface area contributed by atoms with Gasteiger partial charge in [0.15, 0.2) is 6.61 Å². The summed E-state index contributed by atoms with van der Waals surface area (Å²) in [6.07, 6.45) is 0. The van der Waals surface area contributed by atoms with Gasteiger partial charge in [-0.25, -0.2) is 4.79 Å². The zero-order valence-electron chi connectivity index (χ0n) is 16.5. The second-order valence-corrected chi connectivity index (χ2v) is 6.53. The second kappa shape index (κ2) is 9.84. The lowest BCUT2D eigenvalue weighted by Gasteiger charge is -2.29. The van der Waals surface area contributed by atoms with Crippen LogP contribution in [-0.2, 0) is 33.4 Å². The van der Waals surface area contributed by atoms with Gasteiger partial charge in [-0.15, -0.1) is 0 Å². The minimum absolute atomic E-state index is 0.0916. The van der Waals surface area contributed by atoms with Gasteiger partial charge >= 0.3 is 17.9 Å². The molecule has 0 radical (unpaired) electrons. The lowest BCUT2D eigenvalue weighted by Crippen LogP contribution is -2.43. The van der Waals surface area contributed by atoms with Gasteiger partial charge in [-0.1, -0.05) is 13.8 Å². The van der Waals surface area contributed by atoms with Crippen LogP contribution in [0.1, 0.15) is 27.7 Å². The third-order valence-electron chi connectivity index (χ3n) is 4.00. The molecule has 0 spiro atoms. The van der Waals surface area contributed by atoms with Crippen LogP contribution in [0, 0.1) is 17.8 Å².